The number of nitrogens with zero attached hydrogens (tertiary/aromatic N) is 3. The monoisotopic (exact) mass is 648 g/mol. The first-order chi connectivity index (χ1) is 17.8. The van der Waals surface area contributed by atoms with Crippen LogP contribution in [0.4, 0.5) is 0 Å². The van der Waals surface area contributed by atoms with Crippen molar-refractivity contribution < 1.29 is 9.22 Å². The Kier molecular flexibility index (Phi) is 8.64. The quantitative estimate of drug-likeness (QED) is 0.203. The largest absolute Gasteiger partial charge is 0.540 e. The van der Waals surface area contributed by atoms with E-state index in [1.807, 2.05) is 30.4 Å². The first kappa shape index (κ1) is 28.7. The van der Waals surface area contributed by atoms with E-state index in [1.54, 1.807) is 35.7 Å². The van der Waals surface area contributed by atoms with E-state index >= 15 is 0 Å². The number of fused-ring (bicyclic) bond motifs is 1. The van der Waals surface area contributed by atoms with Gasteiger partial charge in [-0.05, 0) is 88.2 Å². The van der Waals surface area contributed by atoms with Crippen LogP contribution in [0.3, 0.4) is 0 Å². The maximum atomic E-state index is 13.6. The van der Waals surface area contributed by atoms with Gasteiger partial charge in [-0.1, -0.05) is 44.0 Å². The van der Waals surface area contributed by atoms with Gasteiger partial charge in [0.05, 0.1) is 15.7 Å². The zero-order chi connectivity index (χ0) is 27.7. The van der Waals surface area contributed by atoms with E-state index in [9.17, 15) is 4.79 Å². The third-order valence-electron chi connectivity index (χ3n) is 6.41. The van der Waals surface area contributed by atoms with Crippen molar-refractivity contribution in [3.63, 3.8) is 0 Å². The number of carbonyl (C=O) groups is 1. The fourth-order valence-electron chi connectivity index (χ4n) is 3.39. The van der Waals surface area contributed by atoms with Crippen LogP contribution in [0.25, 0.3) is 23.1 Å². The summed E-state index contributed by atoms with van der Waals surface area (Å²) in [6.45, 7) is 10.9. The molecule has 0 fully saturated rings. The molecule has 0 atom stereocenters. The zero-order valence-corrected chi connectivity index (χ0v) is 26.5. The van der Waals surface area contributed by atoms with Gasteiger partial charge in [-0.25, -0.2) is 4.98 Å². The topological polar surface area (TPSA) is 77.0 Å². The van der Waals surface area contributed by atoms with Gasteiger partial charge in [0.15, 0.2) is 11.4 Å². The van der Waals surface area contributed by atoms with E-state index in [-0.39, 0.29) is 17.3 Å². The van der Waals surface area contributed by atoms with Crippen molar-refractivity contribution in [1.29, 1.82) is 0 Å². The summed E-state index contributed by atoms with van der Waals surface area (Å²) >= 11 is 17.4. The van der Waals surface area contributed by atoms with Crippen LogP contribution in [0.1, 0.15) is 47.4 Å². The molecule has 0 spiro atoms. The van der Waals surface area contributed by atoms with Crippen molar-refractivity contribution in [2.24, 2.45) is 0 Å². The Hall–Kier alpha value is -2.30. The molecule has 0 saturated heterocycles. The minimum atomic E-state index is -2.37. The molecule has 3 aromatic heterocycles. The highest BCUT2D eigenvalue weighted by molar-refractivity contribution is 9.11. The Morgan fingerprint density at radius 2 is 1.84 bits per heavy atom. The van der Waals surface area contributed by atoms with Crippen LogP contribution in [0, 0.1) is 0 Å². The summed E-state index contributed by atoms with van der Waals surface area (Å²) in [7, 11) is -2.37. The number of nitrogens with one attached hydrogen (secondary N) is 1. The highest BCUT2D eigenvalue weighted by atomic mass is 79.9. The van der Waals surface area contributed by atoms with Crippen LogP contribution in [0.5, 0.6) is 5.75 Å². The average Bonchev–Trinajstić information content (AvgIpc) is 3.25. The number of benzene rings is 1. The number of amides is 1. The molecule has 0 aliphatic rings. The third kappa shape index (κ3) is 6.63. The Morgan fingerprint density at radius 1 is 1.13 bits per heavy atom. The highest BCUT2D eigenvalue weighted by Crippen LogP contribution is 2.40. The second-order valence-corrected chi connectivity index (χ2v) is 18.4. The number of hydrogen-bond donors (Lipinski definition) is 1. The molecular formula is C27H27BrCl2N4O2SSi. The molecule has 1 N–H and O–H groups in total. The lowest BCUT2D eigenvalue weighted by molar-refractivity contribution is 0.0944. The molecule has 4 aromatic rings. The van der Waals surface area contributed by atoms with Gasteiger partial charge in [0, 0.05) is 26.9 Å². The Bertz CT molecular complexity index is 1520. The molecule has 4 rings (SSSR count). The molecular weight excluding hydrogens is 623 g/mol. The second-order valence-electron chi connectivity index (χ2n) is 10.3. The summed E-state index contributed by atoms with van der Waals surface area (Å²) in [6.07, 6.45) is 5.45. The summed E-state index contributed by atoms with van der Waals surface area (Å²) < 4.78 is 7.71. The van der Waals surface area contributed by atoms with E-state index < -0.39 is 14.2 Å². The number of pyridine rings is 1. The number of aromatic nitrogens is 3. The average molecular weight is 651 g/mol. The number of thiophene rings is 1. The standard InChI is InChI=1S/C27H27BrCl2N4O2SSi/c1-27(2,3)38(4,5)36-25-23-20(10-11-32-34-23)21(8-6-19-7-9-22(28)37-19)33-24(25)26(35)31-15-16-12-17(29)14-18(30)13-16/h6-14H,15H2,1-5H3,(H,31,35)/b8-6-. The van der Waals surface area contributed by atoms with E-state index in [0.29, 0.717) is 27.0 Å². The van der Waals surface area contributed by atoms with Gasteiger partial charge in [0.25, 0.3) is 14.2 Å². The fraction of sp³-hybridized carbons (Fsp3) is 0.259. The van der Waals surface area contributed by atoms with E-state index in [1.165, 1.54) is 0 Å². The minimum absolute atomic E-state index is 0.113. The molecule has 0 saturated carbocycles. The van der Waals surface area contributed by atoms with Gasteiger partial charge in [-0.3, -0.25) is 4.79 Å². The molecule has 0 aliphatic carbocycles. The molecule has 1 aromatic carbocycles. The Morgan fingerprint density at radius 3 is 2.47 bits per heavy atom. The normalized spacial score (nSPS) is 12.3. The van der Waals surface area contributed by atoms with Gasteiger partial charge in [0.2, 0.25) is 0 Å². The van der Waals surface area contributed by atoms with E-state index in [4.69, 9.17) is 32.6 Å². The van der Waals surface area contributed by atoms with Gasteiger partial charge >= 0.3 is 0 Å². The van der Waals surface area contributed by atoms with Crippen LogP contribution < -0.4 is 9.74 Å². The van der Waals surface area contributed by atoms with Gasteiger partial charge in [-0.15, -0.1) is 16.4 Å². The summed E-state index contributed by atoms with van der Waals surface area (Å²) in [5, 5.41) is 13.1. The summed E-state index contributed by atoms with van der Waals surface area (Å²) in [5.41, 5.74) is 2.02. The van der Waals surface area contributed by atoms with Crippen molar-refractivity contribution in [1.82, 2.24) is 20.5 Å². The molecule has 0 aliphatic heterocycles. The SMILES string of the molecule is CC(C)(C)[Si](C)(C)Oc1c(C(=O)NCc2cc(Cl)cc(Cl)c2)nc(/C=C\c2ccc(Br)s2)c2ccnnc12. The van der Waals surface area contributed by atoms with Crippen molar-refractivity contribution in [3.8, 4) is 5.75 Å². The molecule has 0 radical (unpaired) electrons. The van der Waals surface area contributed by atoms with Crippen molar-refractivity contribution in [3.05, 3.63) is 78.3 Å². The van der Waals surface area contributed by atoms with Crippen LogP contribution in [-0.2, 0) is 6.54 Å². The van der Waals surface area contributed by atoms with Crippen molar-refractivity contribution in [2.75, 3.05) is 0 Å². The van der Waals surface area contributed by atoms with E-state index in [2.05, 4.69) is 65.3 Å². The molecule has 0 unspecified atom stereocenters. The maximum Gasteiger partial charge on any atom is 0.274 e. The lowest BCUT2D eigenvalue weighted by Gasteiger charge is -2.36. The first-order valence-electron chi connectivity index (χ1n) is 11.8. The zero-order valence-electron chi connectivity index (χ0n) is 21.6. The second kappa shape index (κ2) is 11.4. The molecule has 3 heterocycles. The van der Waals surface area contributed by atoms with Crippen molar-refractivity contribution in [2.45, 2.75) is 45.4 Å². The molecule has 0 bridgehead atoms. The van der Waals surface area contributed by atoms with Crippen LogP contribution >= 0.6 is 50.5 Å². The van der Waals surface area contributed by atoms with Gasteiger partial charge in [0.1, 0.15) is 5.52 Å². The number of hydrogen-bond acceptors (Lipinski definition) is 6. The van der Waals surface area contributed by atoms with Gasteiger partial charge in [-0.2, -0.15) is 5.10 Å². The van der Waals surface area contributed by atoms with Crippen LogP contribution in [0.2, 0.25) is 28.2 Å². The fourth-order valence-corrected chi connectivity index (χ4v) is 6.30. The number of carbonyl (C=O) groups excluding carboxylic acids is 1. The molecule has 38 heavy (non-hydrogen) atoms. The maximum absolute atomic E-state index is 13.6. The molecule has 6 nitrogen and oxygen atoms in total. The van der Waals surface area contributed by atoms with Crippen LogP contribution in [-0.4, -0.2) is 29.4 Å². The molecule has 11 heteroatoms. The summed E-state index contributed by atoms with van der Waals surface area (Å²) in [4.78, 5) is 19.5. The Balaban J connectivity index is 1.81. The third-order valence-corrected chi connectivity index (χ3v) is 12.8. The Labute approximate surface area is 245 Å². The summed E-state index contributed by atoms with van der Waals surface area (Å²) in [6, 6.07) is 11.0. The summed E-state index contributed by atoms with van der Waals surface area (Å²) in [5.74, 6) is -0.0479. The smallest absolute Gasteiger partial charge is 0.274 e. The van der Waals surface area contributed by atoms with Crippen molar-refractivity contribution >= 4 is 87.7 Å². The highest BCUT2D eigenvalue weighted by Gasteiger charge is 2.40. The lowest BCUT2D eigenvalue weighted by Crippen LogP contribution is -2.44. The number of halogens is 3. The van der Waals surface area contributed by atoms with Crippen LogP contribution in [0.15, 0.2) is 46.4 Å². The predicted octanol–water partition coefficient (Wildman–Crippen LogP) is 8.64. The molecule has 1 amide bonds. The first-order valence-corrected chi connectivity index (χ1v) is 17.1. The minimum Gasteiger partial charge on any atom is -0.540 e. The molecule has 198 valence electrons. The lowest BCUT2D eigenvalue weighted by atomic mass is 10.1. The van der Waals surface area contributed by atoms with Gasteiger partial charge < -0.3 is 9.74 Å². The predicted molar refractivity (Wildman–Crippen MR) is 164 cm³/mol. The number of rotatable bonds is 7. The van der Waals surface area contributed by atoms with E-state index in [0.717, 1.165) is 19.6 Å².